The number of non-ortho nitro benzene ring substituents is 1. The fraction of sp³-hybridized carbons (Fsp3) is 0.0667. The van der Waals surface area contributed by atoms with E-state index in [0.717, 1.165) is 16.6 Å². The molecule has 0 radical (unpaired) electrons. The van der Waals surface area contributed by atoms with Gasteiger partial charge in [0.2, 0.25) is 0 Å². The number of nitrogens with one attached hydrogen (secondary N) is 1. The minimum atomic E-state index is -0.382. The van der Waals surface area contributed by atoms with Crippen LogP contribution in [0.1, 0.15) is 5.56 Å². The SMILES string of the molecule is O=[N+]([O-])c1ccc(NCc2cccnc2)c2cnccc12. The molecule has 1 aromatic carbocycles. The number of rotatable bonds is 4. The third-order valence-electron chi connectivity index (χ3n) is 3.20. The van der Waals surface area contributed by atoms with Gasteiger partial charge in [-0.05, 0) is 23.8 Å². The molecule has 0 aliphatic rings. The second kappa shape index (κ2) is 5.54. The number of pyridine rings is 2. The highest BCUT2D eigenvalue weighted by molar-refractivity contribution is 5.99. The normalized spacial score (nSPS) is 10.5. The Hall–Kier alpha value is -3.02. The van der Waals surface area contributed by atoms with Crippen molar-refractivity contribution in [3.63, 3.8) is 0 Å². The Bertz CT molecular complexity index is 790. The van der Waals surface area contributed by atoms with Crippen molar-refractivity contribution in [1.82, 2.24) is 9.97 Å². The average molecular weight is 280 g/mol. The first-order valence-electron chi connectivity index (χ1n) is 6.39. The van der Waals surface area contributed by atoms with Gasteiger partial charge in [0.1, 0.15) is 0 Å². The molecule has 0 saturated carbocycles. The molecule has 2 aromatic heterocycles. The molecule has 6 nitrogen and oxygen atoms in total. The Kier molecular flexibility index (Phi) is 3.42. The smallest absolute Gasteiger partial charge is 0.277 e. The van der Waals surface area contributed by atoms with Crippen molar-refractivity contribution in [3.05, 3.63) is 70.8 Å². The molecule has 3 rings (SSSR count). The summed E-state index contributed by atoms with van der Waals surface area (Å²) in [5, 5.41) is 15.6. The highest BCUT2D eigenvalue weighted by Crippen LogP contribution is 2.30. The van der Waals surface area contributed by atoms with Crippen LogP contribution in [0, 0.1) is 10.1 Å². The van der Waals surface area contributed by atoms with Crippen LogP contribution in [0.4, 0.5) is 11.4 Å². The summed E-state index contributed by atoms with van der Waals surface area (Å²) >= 11 is 0. The molecule has 0 unspecified atom stereocenters. The molecule has 2 heterocycles. The van der Waals surface area contributed by atoms with Crippen LogP contribution in [-0.4, -0.2) is 14.9 Å². The highest BCUT2D eigenvalue weighted by atomic mass is 16.6. The average Bonchev–Trinajstić information content (AvgIpc) is 2.53. The molecule has 0 aliphatic heterocycles. The van der Waals surface area contributed by atoms with E-state index < -0.39 is 0 Å². The number of aromatic nitrogens is 2. The van der Waals surface area contributed by atoms with E-state index in [1.165, 1.54) is 6.07 Å². The second-order valence-corrected chi connectivity index (χ2v) is 4.53. The van der Waals surface area contributed by atoms with Crippen molar-refractivity contribution in [2.24, 2.45) is 0 Å². The first-order chi connectivity index (χ1) is 10.3. The summed E-state index contributed by atoms with van der Waals surface area (Å²) in [7, 11) is 0. The van der Waals surface area contributed by atoms with Gasteiger partial charge in [0, 0.05) is 48.5 Å². The van der Waals surface area contributed by atoms with Crippen molar-refractivity contribution in [2.45, 2.75) is 6.54 Å². The van der Waals surface area contributed by atoms with Crippen molar-refractivity contribution in [3.8, 4) is 0 Å². The van der Waals surface area contributed by atoms with E-state index in [1.807, 2.05) is 12.1 Å². The molecule has 3 aromatic rings. The van der Waals surface area contributed by atoms with Crippen molar-refractivity contribution in [1.29, 1.82) is 0 Å². The van der Waals surface area contributed by atoms with Gasteiger partial charge in [-0.25, -0.2) is 0 Å². The second-order valence-electron chi connectivity index (χ2n) is 4.53. The molecule has 0 spiro atoms. The molecule has 0 amide bonds. The van der Waals surface area contributed by atoms with Gasteiger partial charge < -0.3 is 5.32 Å². The van der Waals surface area contributed by atoms with Crippen molar-refractivity contribution >= 4 is 22.1 Å². The highest BCUT2D eigenvalue weighted by Gasteiger charge is 2.13. The van der Waals surface area contributed by atoms with Crippen molar-refractivity contribution < 1.29 is 4.92 Å². The summed E-state index contributed by atoms with van der Waals surface area (Å²) < 4.78 is 0. The lowest BCUT2D eigenvalue weighted by Crippen LogP contribution is -2.01. The Labute approximate surface area is 120 Å². The van der Waals surface area contributed by atoms with E-state index in [0.29, 0.717) is 11.9 Å². The zero-order valence-corrected chi connectivity index (χ0v) is 11.1. The van der Waals surface area contributed by atoms with Crippen LogP contribution >= 0.6 is 0 Å². The molecular formula is C15H12N4O2. The summed E-state index contributed by atoms with van der Waals surface area (Å²) in [6.07, 6.45) is 6.68. The van der Waals surface area contributed by atoms with E-state index in [9.17, 15) is 10.1 Å². The number of nitro benzene ring substituents is 1. The van der Waals surface area contributed by atoms with Gasteiger partial charge in [-0.1, -0.05) is 6.07 Å². The minimum absolute atomic E-state index is 0.0827. The van der Waals surface area contributed by atoms with E-state index in [2.05, 4.69) is 15.3 Å². The molecule has 0 saturated heterocycles. The predicted octanol–water partition coefficient (Wildman–Crippen LogP) is 3.15. The van der Waals surface area contributed by atoms with Crippen LogP contribution in [0.15, 0.2) is 55.1 Å². The summed E-state index contributed by atoms with van der Waals surface area (Å²) in [4.78, 5) is 18.8. The third kappa shape index (κ3) is 2.64. The van der Waals surface area contributed by atoms with Crippen LogP contribution in [0.3, 0.4) is 0 Å². The van der Waals surface area contributed by atoms with Gasteiger partial charge in [-0.15, -0.1) is 0 Å². The quantitative estimate of drug-likeness (QED) is 0.586. The molecular weight excluding hydrogens is 268 g/mol. The standard InChI is InChI=1S/C15H12N4O2/c20-19(21)15-4-3-14(13-10-17-7-5-12(13)15)18-9-11-2-1-6-16-8-11/h1-8,10,18H,9H2. The van der Waals surface area contributed by atoms with Gasteiger partial charge in [0.25, 0.3) is 5.69 Å². The fourth-order valence-corrected chi connectivity index (χ4v) is 2.19. The van der Waals surface area contributed by atoms with E-state index in [-0.39, 0.29) is 10.6 Å². The van der Waals surface area contributed by atoms with Crippen LogP contribution in [0.25, 0.3) is 10.8 Å². The Morgan fingerprint density at radius 2 is 1.90 bits per heavy atom. The van der Waals surface area contributed by atoms with Crippen molar-refractivity contribution in [2.75, 3.05) is 5.32 Å². The molecule has 6 heteroatoms. The minimum Gasteiger partial charge on any atom is -0.380 e. The maximum absolute atomic E-state index is 11.1. The van der Waals surface area contributed by atoms with E-state index in [4.69, 9.17) is 0 Å². The first kappa shape index (κ1) is 13.0. The van der Waals surface area contributed by atoms with Gasteiger partial charge in [0.05, 0.1) is 10.3 Å². The van der Waals surface area contributed by atoms with Crippen LogP contribution < -0.4 is 5.32 Å². The number of nitro groups is 1. The Morgan fingerprint density at radius 3 is 2.67 bits per heavy atom. The number of benzene rings is 1. The largest absolute Gasteiger partial charge is 0.380 e. The summed E-state index contributed by atoms with van der Waals surface area (Å²) in [6, 6.07) is 8.70. The maximum Gasteiger partial charge on any atom is 0.277 e. The molecule has 21 heavy (non-hydrogen) atoms. The van der Waals surface area contributed by atoms with Gasteiger partial charge in [0.15, 0.2) is 0 Å². The fourth-order valence-electron chi connectivity index (χ4n) is 2.19. The summed E-state index contributed by atoms with van der Waals surface area (Å²) in [6.45, 7) is 0.593. The topological polar surface area (TPSA) is 81.0 Å². The number of hydrogen-bond acceptors (Lipinski definition) is 5. The lowest BCUT2D eigenvalue weighted by atomic mass is 10.1. The van der Waals surface area contributed by atoms with Gasteiger partial charge >= 0.3 is 0 Å². The van der Waals surface area contributed by atoms with Gasteiger partial charge in [-0.2, -0.15) is 0 Å². The number of anilines is 1. The summed E-state index contributed by atoms with van der Waals surface area (Å²) in [5.41, 5.74) is 1.93. The third-order valence-corrected chi connectivity index (χ3v) is 3.20. The van der Waals surface area contributed by atoms with Crippen LogP contribution in [-0.2, 0) is 6.54 Å². The van der Waals surface area contributed by atoms with Gasteiger partial charge in [-0.3, -0.25) is 20.1 Å². The monoisotopic (exact) mass is 280 g/mol. The van der Waals surface area contributed by atoms with Crippen LogP contribution in [0.5, 0.6) is 0 Å². The number of nitrogens with zero attached hydrogens (tertiary/aromatic N) is 3. The Balaban J connectivity index is 1.96. The lowest BCUT2D eigenvalue weighted by Gasteiger charge is -2.09. The molecule has 0 fully saturated rings. The molecule has 104 valence electrons. The number of fused-ring (bicyclic) bond motifs is 1. The predicted molar refractivity (Wildman–Crippen MR) is 80.0 cm³/mol. The van der Waals surface area contributed by atoms with Crippen LogP contribution in [0.2, 0.25) is 0 Å². The Morgan fingerprint density at radius 1 is 1.05 bits per heavy atom. The zero-order valence-electron chi connectivity index (χ0n) is 11.1. The molecule has 0 atom stereocenters. The van der Waals surface area contributed by atoms with E-state index in [1.54, 1.807) is 36.9 Å². The molecule has 1 N–H and O–H groups in total. The van der Waals surface area contributed by atoms with E-state index >= 15 is 0 Å². The lowest BCUT2D eigenvalue weighted by molar-refractivity contribution is -0.383. The molecule has 0 bridgehead atoms. The maximum atomic E-state index is 11.1. The zero-order chi connectivity index (χ0) is 14.7. The number of hydrogen-bond donors (Lipinski definition) is 1. The molecule has 0 aliphatic carbocycles. The first-order valence-corrected chi connectivity index (χ1v) is 6.39. The summed E-state index contributed by atoms with van der Waals surface area (Å²) in [5.74, 6) is 0.